The van der Waals surface area contributed by atoms with Crippen molar-refractivity contribution in [1.82, 2.24) is 15.1 Å². The SMILES string of the molecule is CNCC(Cc1ccc(OC)cc1)Cc1ccn(C)n1. The van der Waals surface area contributed by atoms with Gasteiger partial charge in [0.15, 0.2) is 0 Å². The van der Waals surface area contributed by atoms with Gasteiger partial charge in [0.1, 0.15) is 5.75 Å². The Bertz CT molecular complexity index is 519. The van der Waals surface area contributed by atoms with Crippen molar-refractivity contribution in [3.63, 3.8) is 0 Å². The third kappa shape index (κ3) is 4.10. The normalized spacial score (nSPS) is 12.3. The molecule has 108 valence electrons. The number of aryl methyl sites for hydroxylation is 1. The van der Waals surface area contributed by atoms with Crippen molar-refractivity contribution < 1.29 is 4.74 Å². The van der Waals surface area contributed by atoms with Crippen LogP contribution in [0.2, 0.25) is 0 Å². The average molecular weight is 273 g/mol. The van der Waals surface area contributed by atoms with E-state index in [0.29, 0.717) is 5.92 Å². The third-order valence-electron chi connectivity index (χ3n) is 3.44. The fraction of sp³-hybridized carbons (Fsp3) is 0.438. The van der Waals surface area contributed by atoms with E-state index >= 15 is 0 Å². The standard InChI is InChI=1S/C16H23N3O/c1-17-12-14(11-15-8-9-19(2)18-15)10-13-4-6-16(20-3)7-5-13/h4-9,14,17H,10-12H2,1-3H3. The van der Waals surface area contributed by atoms with Gasteiger partial charge in [0.05, 0.1) is 12.8 Å². The summed E-state index contributed by atoms with van der Waals surface area (Å²) in [5.74, 6) is 1.45. The first-order valence-electron chi connectivity index (χ1n) is 6.97. The Kier molecular flexibility index (Phi) is 5.18. The van der Waals surface area contributed by atoms with Crippen LogP contribution in [0, 0.1) is 5.92 Å². The van der Waals surface area contributed by atoms with Gasteiger partial charge in [-0.25, -0.2) is 0 Å². The number of ether oxygens (including phenoxy) is 1. The van der Waals surface area contributed by atoms with Crippen LogP contribution in [-0.2, 0) is 19.9 Å². The van der Waals surface area contributed by atoms with E-state index in [0.717, 1.165) is 30.8 Å². The van der Waals surface area contributed by atoms with Crippen LogP contribution < -0.4 is 10.1 Å². The summed E-state index contributed by atoms with van der Waals surface area (Å²) < 4.78 is 7.06. The van der Waals surface area contributed by atoms with Crippen LogP contribution in [-0.4, -0.2) is 30.5 Å². The van der Waals surface area contributed by atoms with Crippen molar-refractivity contribution in [3.05, 3.63) is 47.8 Å². The summed E-state index contributed by atoms with van der Waals surface area (Å²) in [6, 6.07) is 10.4. The molecule has 0 amide bonds. The summed E-state index contributed by atoms with van der Waals surface area (Å²) in [5, 5.41) is 7.75. The van der Waals surface area contributed by atoms with E-state index in [4.69, 9.17) is 4.74 Å². The van der Waals surface area contributed by atoms with Gasteiger partial charge < -0.3 is 10.1 Å². The van der Waals surface area contributed by atoms with E-state index < -0.39 is 0 Å². The molecular formula is C16H23N3O. The molecular weight excluding hydrogens is 250 g/mol. The lowest BCUT2D eigenvalue weighted by atomic mass is 9.94. The second kappa shape index (κ2) is 7.10. The van der Waals surface area contributed by atoms with Gasteiger partial charge in [-0.15, -0.1) is 0 Å². The maximum atomic E-state index is 5.19. The van der Waals surface area contributed by atoms with E-state index in [1.165, 1.54) is 5.56 Å². The highest BCUT2D eigenvalue weighted by molar-refractivity contribution is 5.27. The number of rotatable bonds is 7. The van der Waals surface area contributed by atoms with Crippen molar-refractivity contribution in [3.8, 4) is 5.75 Å². The van der Waals surface area contributed by atoms with Crippen molar-refractivity contribution in [2.45, 2.75) is 12.8 Å². The van der Waals surface area contributed by atoms with Crippen LogP contribution >= 0.6 is 0 Å². The molecule has 1 aromatic heterocycles. The topological polar surface area (TPSA) is 39.1 Å². The number of hydrogen-bond donors (Lipinski definition) is 1. The van der Waals surface area contributed by atoms with E-state index in [1.54, 1.807) is 7.11 Å². The molecule has 1 heterocycles. The second-order valence-corrected chi connectivity index (χ2v) is 5.16. The molecule has 20 heavy (non-hydrogen) atoms. The highest BCUT2D eigenvalue weighted by Gasteiger charge is 2.12. The predicted molar refractivity (Wildman–Crippen MR) is 81.0 cm³/mol. The van der Waals surface area contributed by atoms with Crippen LogP contribution in [0.5, 0.6) is 5.75 Å². The molecule has 4 heteroatoms. The van der Waals surface area contributed by atoms with Crippen molar-refractivity contribution >= 4 is 0 Å². The largest absolute Gasteiger partial charge is 0.497 e. The second-order valence-electron chi connectivity index (χ2n) is 5.16. The van der Waals surface area contributed by atoms with Crippen LogP contribution in [0.25, 0.3) is 0 Å². The molecule has 4 nitrogen and oxygen atoms in total. The van der Waals surface area contributed by atoms with E-state index in [-0.39, 0.29) is 0 Å². The first kappa shape index (κ1) is 14.6. The van der Waals surface area contributed by atoms with Crippen LogP contribution in [0.1, 0.15) is 11.3 Å². The smallest absolute Gasteiger partial charge is 0.118 e. The number of methoxy groups -OCH3 is 1. The lowest BCUT2D eigenvalue weighted by Gasteiger charge is -2.15. The van der Waals surface area contributed by atoms with E-state index in [9.17, 15) is 0 Å². The van der Waals surface area contributed by atoms with E-state index in [1.807, 2.05) is 37.1 Å². The quantitative estimate of drug-likeness (QED) is 0.839. The first-order valence-corrected chi connectivity index (χ1v) is 6.97. The summed E-state index contributed by atoms with van der Waals surface area (Å²) >= 11 is 0. The summed E-state index contributed by atoms with van der Waals surface area (Å²) in [4.78, 5) is 0. The van der Waals surface area contributed by atoms with Gasteiger partial charge in [-0.1, -0.05) is 12.1 Å². The number of hydrogen-bond acceptors (Lipinski definition) is 3. The first-order chi connectivity index (χ1) is 9.71. The molecule has 0 aliphatic carbocycles. The maximum absolute atomic E-state index is 5.19. The average Bonchev–Trinajstić information content (AvgIpc) is 2.85. The maximum Gasteiger partial charge on any atom is 0.118 e. The highest BCUT2D eigenvalue weighted by Crippen LogP contribution is 2.17. The molecule has 1 atom stereocenters. The minimum atomic E-state index is 0.545. The Hall–Kier alpha value is -1.81. The summed E-state index contributed by atoms with van der Waals surface area (Å²) in [7, 11) is 5.65. The molecule has 0 spiro atoms. The molecule has 1 aromatic carbocycles. The molecule has 0 bridgehead atoms. The van der Waals surface area contributed by atoms with Gasteiger partial charge in [-0.3, -0.25) is 4.68 Å². The molecule has 0 radical (unpaired) electrons. The summed E-state index contributed by atoms with van der Waals surface area (Å²) in [5.41, 5.74) is 2.49. The molecule has 0 aliphatic heterocycles. The zero-order valence-corrected chi connectivity index (χ0v) is 12.5. The van der Waals surface area contributed by atoms with Gasteiger partial charge in [0.2, 0.25) is 0 Å². The van der Waals surface area contributed by atoms with Crippen molar-refractivity contribution in [2.24, 2.45) is 13.0 Å². The lowest BCUT2D eigenvalue weighted by Crippen LogP contribution is -2.23. The van der Waals surface area contributed by atoms with Gasteiger partial charge in [-0.2, -0.15) is 5.10 Å². The minimum absolute atomic E-state index is 0.545. The monoisotopic (exact) mass is 273 g/mol. The van der Waals surface area contributed by atoms with Crippen LogP contribution in [0.4, 0.5) is 0 Å². The third-order valence-corrected chi connectivity index (χ3v) is 3.44. The Morgan fingerprint density at radius 2 is 1.95 bits per heavy atom. The molecule has 0 aliphatic rings. The number of aromatic nitrogens is 2. The minimum Gasteiger partial charge on any atom is -0.497 e. The van der Waals surface area contributed by atoms with Crippen LogP contribution in [0.15, 0.2) is 36.5 Å². The lowest BCUT2D eigenvalue weighted by molar-refractivity contribution is 0.414. The highest BCUT2D eigenvalue weighted by atomic mass is 16.5. The molecule has 0 saturated carbocycles. The fourth-order valence-corrected chi connectivity index (χ4v) is 2.47. The number of nitrogens with one attached hydrogen (secondary N) is 1. The Morgan fingerprint density at radius 3 is 2.50 bits per heavy atom. The van der Waals surface area contributed by atoms with Crippen molar-refractivity contribution in [1.29, 1.82) is 0 Å². The van der Waals surface area contributed by atoms with Gasteiger partial charge in [-0.05, 0) is 56.1 Å². The zero-order chi connectivity index (χ0) is 14.4. The number of benzene rings is 1. The van der Waals surface area contributed by atoms with Crippen LogP contribution in [0.3, 0.4) is 0 Å². The van der Waals surface area contributed by atoms with Gasteiger partial charge in [0.25, 0.3) is 0 Å². The summed E-state index contributed by atoms with van der Waals surface area (Å²) in [6.45, 7) is 0.989. The summed E-state index contributed by atoms with van der Waals surface area (Å²) in [6.07, 6.45) is 4.04. The molecule has 2 aromatic rings. The molecule has 1 N–H and O–H groups in total. The zero-order valence-electron chi connectivity index (χ0n) is 12.5. The Labute approximate surface area is 120 Å². The van der Waals surface area contributed by atoms with Gasteiger partial charge in [0, 0.05) is 13.2 Å². The Morgan fingerprint density at radius 1 is 1.20 bits per heavy atom. The molecule has 1 unspecified atom stereocenters. The number of nitrogens with zero attached hydrogens (tertiary/aromatic N) is 2. The Balaban J connectivity index is 2.00. The van der Waals surface area contributed by atoms with Crippen molar-refractivity contribution in [2.75, 3.05) is 20.7 Å². The van der Waals surface area contributed by atoms with E-state index in [2.05, 4.69) is 28.6 Å². The molecule has 0 fully saturated rings. The fourth-order valence-electron chi connectivity index (χ4n) is 2.47. The molecule has 0 saturated heterocycles. The van der Waals surface area contributed by atoms with Gasteiger partial charge >= 0.3 is 0 Å². The molecule has 2 rings (SSSR count). The predicted octanol–water partition coefficient (Wildman–Crippen LogP) is 2.05.